The highest BCUT2D eigenvalue weighted by molar-refractivity contribution is 8.54. The van der Waals surface area contributed by atoms with Crippen LogP contribution in [0.15, 0.2) is 0 Å². The lowest BCUT2D eigenvalue weighted by Crippen LogP contribution is -2.28. The average Bonchev–Trinajstić information content (AvgIpc) is 2.98. The third kappa shape index (κ3) is 4.71. The summed E-state index contributed by atoms with van der Waals surface area (Å²) in [5.41, 5.74) is 0. The largest absolute Gasteiger partial charge is 0.394 e. The van der Waals surface area contributed by atoms with Gasteiger partial charge in [-0.2, -0.15) is 0 Å². The summed E-state index contributed by atoms with van der Waals surface area (Å²) in [7, 11) is 5.65. The van der Waals surface area contributed by atoms with Gasteiger partial charge < -0.3 is 19.7 Å². The van der Waals surface area contributed by atoms with E-state index in [9.17, 15) is 14.8 Å². The Balaban J connectivity index is 1.90. The summed E-state index contributed by atoms with van der Waals surface area (Å²) in [6.07, 6.45) is 0.0412. The number of rotatable bonds is 7. The number of ether oxygens (including phenoxy) is 2. The van der Waals surface area contributed by atoms with E-state index in [1.807, 2.05) is 6.92 Å². The van der Waals surface area contributed by atoms with E-state index in [0.29, 0.717) is 12.8 Å². The van der Waals surface area contributed by atoms with Crippen LogP contribution in [0, 0.1) is 0 Å². The predicted octanol–water partition coefficient (Wildman–Crippen LogP) is 0.673. The van der Waals surface area contributed by atoms with Gasteiger partial charge in [0.2, 0.25) is 0 Å². The molecule has 2 saturated heterocycles. The maximum absolute atomic E-state index is 12.7. The highest BCUT2D eigenvalue weighted by atomic mass is 32.7. The van der Waals surface area contributed by atoms with Crippen molar-refractivity contribution in [3.8, 4) is 0 Å². The number of hydrogen-bond donors (Lipinski definition) is 2. The van der Waals surface area contributed by atoms with Crippen LogP contribution in [-0.4, -0.2) is 74.1 Å². The standard InChI is InChI=1S/C12H22BO7PS/c1-7-3-8(15)11(18-7)6-17-21(16,22-2)20-9-4-12(13)19-10(9)5-14/h7-12,14-15H,3-6H2,1-2H3/t7-,8+,9+,10+,11+,12+,21?/m0/s1. The molecule has 0 bridgehead atoms. The quantitative estimate of drug-likeness (QED) is 0.510. The molecule has 2 N–H and O–H groups in total. The van der Waals surface area contributed by atoms with Crippen molar-refractivity contribution < 1.29 is 33.3 Å². The van der Waals surface area contributed by atoms with Gasteiger partial charge in [-0.1, -0.05) is 0 Å². The molecule has 0 spiro atoms. The summed E-state index contributed by atoms with van der Waals surface area (Å²) in [6.45, 7) is -1.88. The summed E-state index contributed by atoms with van der Waals surface area (Å²) in [5.74, 6) is 0. The van der Waals surface area contributed by atoms with Crippen molar-refractivity contribution in [2.24, 2.45) is 0 Å². The van der Waals surface area contributed by atoms with E-state index in [1.165, 1.54) is 0 Å². The van der Waals surface area contributed by atoms with E-state index < -0.39 is 37.2 Å². The SMILES string of the molecule is [B][C@H]1C[C@@H](OP(=O)(OC[C@H]2O[C@@H](C)C[C@H]2O)SC)[C@@H](CO)O1. The van der Waals surface area contributed by atoms with Crippen molar-refractivity contribution in [1.29, 1.82) is 0 Å². The summed E-state index contributed by atoms with van der Waals surface area (Å²) in [5, 5.41) is 19.1. The van der Waals surface area contributed by atoms with Gasteiger partial charge >= 0.3 is 6.80 Å². The molecule has 22 heavy (non-hydrogen) atoms. The highest BCUT2D eigenvalue weighted by Crippen LogP contribution is 2.61. The zero-order valence-corrected chi connectivity index (χ0v) is 14.4. The molecule has 2 heterocycles. The zero-order chi connectivity index (χ0) is 16.3. The molecule has 126 valence electrons. The van der Waals surface area contributed by atoms with Gasteiger partial charge in [0.25, 0.3) is 0 Å². The van der Waals surface area contributed by atoms with Crippen LogP contribution < -0.4 is 0 Å². The Kier molecular flexibility index (Phi) is 6.80. The minimum atomic E-state index is -3.45. The molecule has 2 fully saturated rings. The first-order chi connectivity index (χ1) is 10.4. The van der Waals surface area contributed by atoms with Gasteiger partial charge in [-0.25, -0.2) is 4.57 Å². The normalized spacial score (nSPS) is 41.6. The molecule has 0 saturated carbocycles. The molecule has 1 unspecified atom stereocenters. The molecule has 0 aromatic heterocycles. The molecule has 7 atom stereocenters. The topological polar surface area (TPSA) is 94.5 Å². The van der Waals surface area contributed by atoms with E-state index in [4.69, 9.17) is 26.4 Å². The molecule has 0 aromatic rings. The van der Waals surface area contributed by atoms with Crippen LogP contribution >= 0.6 is 18.2 Å². The second-order valence-electron chi connectivity index (χ2n) is 5.49. The monoisotopic (exact) mass is 352 g/mol. The predicted molar refractivity (Wildman–Crippen MR) is 83.0 cm³/mol. The lowest BCUT2D eigenvalue weighted by molar-refractivity contribution is -0.0210. The molecule has 2 aliphatic heterocycles. The van der Waals surface area contributed by atoms with Crippen LogP contribution in [0.3, 0.4) is 0 Å². The Bertz CT molecular complexity index is 415. The van der Waals surface area contributed by atoms with Gasteiger partial charge in [-0.05, 0) is 31.0 Å². The molecule has 2 aliphatic rings. The van der Waals surface area contributed by atoms with Crippen molar-refractivity contribution >= 4 is 26.0 Å². The number of aliphatic hydroxyl groups excluding tert-OH is 2. The van der Waals surface area contributed by atoms with Crippen LogP contribution in [0.5, 0.6) is 0 Å². The first kappa shape index (κ1) is 18.7. The van der Waals surface area contributed by atoms with Crippen LogP contribution in [-0.2, 0) is 23.1 Å². The second kappa shape index (κ2) is 7.99. The minimum Gasteiger partial charge on any atom is -0.394 e. The van der Waals surface area contributed by atoms with Crippen molar-refractivity contribution in [2.75, 3.05) is 19.5 Å². The molecule has 10 heteroatoms. The van der Waals surface area contributed by atoms with Crippen molar-refractivity contribution in [2.45, 2.75) is 56.3 Å². The Morgan fingerprint density at radius 2 is 2.09 bits per heavy atom. The molecular weight excluding hydrogens is 330 g/mol. The van der Waals surface area contributed by atoms with Crippen LogP contribution in [0.4, 0.5) is 0 Å². The summed E-state index contributed by atoms with van der Waals surface area (Å²) in [6, 6.07) is -0.557. The molecule has 7 nitrogen and oxygen atoms in total. The fourth-order valence-electron chi connectivity index (χ4n) is 2.56. The third-order valence-electron chi connectivity index (χ3n) is 3.70. The van der Waals surface area contributed by atoms with Crippen LogP contribution in [0.25, 0.3) is 0 Å². The lowest BCUT2D eigenvalue weighted by Gasteiger charge is -2.24. The van der Waals surface area contributed by atoms with Crippen molar-refractivity contribution in [1.82, 2.24) is 0 Å². The smallest absolute Gasteiger partial charge is 0.389 e. The van der Waals surface area contributed by atoms with Gasteiger partial charge in [-0.15, -0.1) is 0 Å². The van der Waals surface area contributed by atoms with Crippen LogP contribution in [0.2, 0.25) is 0 Å². The number of aliphatic hydroxyl groups is 2. The second-order valence-corrected chi connectivity index (χ2v) is 9.65. The minimum absolute atomic E-state index is 0.0208. The Labute approximate surface area is 135 Å². The third-order valence-corrected chi connectivity index (χ3v) is 7.06. The first-order valence-electron chi connectivity index (χ1n) is 7.21. The van der Waals surface area contributed by atoms with Gasteiger partial charge in [-0.3, -0.25) is 9.05 Å². The van der Waals surface area contributed by atoms with E-state index in [0.717, 1.165) is 11.4 Å². The van der Waals surface area contributed by atoms with Gasteiger partial charge in [0.05, 0.1) is 31.5 Å². The Morgan fingerprint density at radius 1 is 1.36 bits per heavy atom. The van der Waals surface area contributed by atoms with Gasteiger partial charge in [0.1, 0.15) is 20.1 Å². The molecule has 0 aliphatic carbocycles. The summed E-state index contributed by atoms with van der Waals surface area (Å²) < 4.78 is 34.4. The zero-order valence-electron chi connectivity index (χ0n) is 12.7. The van der Waals surface area contributed by atoms with Gasteiger partial charge in [0.15, 0.2) is 0 Å². The lowest BCUT2D eigenvalue weighted by atomic mass is 9.96. The molecule has 2 radical (unpaired) electrons. The van der Waals surface area contributed by atoms with Crippen LogP contribution in [0.1, 0.15) is 19.8 Å². The molecular formula is C12H22BO7PS. The Morgan fingerprint density at radius 3 is 2.64 bits per heavy atom. The van der Waals surface area contributed by atoms with Crippen molar-refractivity contribution in [3.05, 3.63) is 0 Å². The highest BCUT2D eigenvalue weighted by Gasteiger charge is 2.40. The average molecular weight is 352 g/mol. The van der Waals surface area contributed by atoms with E-state index in [2.05, 4.69) is 0 Å². The van der Waals surface area contributed by atoms with Crippen molar-refractivity contribution in [3.63, 3.8) is 0 Å². The number of hydrogen-bond acceptors (Lipinski definition) is 8. The fourth-order valence-corrected chi connectivity index (χ4v) is 4.79. The van der Waals surface area contributed by atoms with E-state index in [-0.39, 0.29) is 19.3 Å². The summed E-state index contributed by atoms with van der Waals surface area (Å²) >= 11 is 0.954. The maximum Gasteiger partial charge on any atom is 0.389 e. The molecule has 2 rings (SSSR count). The van der Waals surface area contributed by atoms with Gasteiger partial charge in [0, 0.05) is 12.4 Å². The van der Waals surface area contributed by atoms with E-state index in [1.54, 1.807) is 6.26 Å². The Hall–Kier alpha value is 0.405. The molecule has 0 aromatic carbocycles. The fraction of sp³-hybridized carbons (Fsp3) is 1.00. The summed E-state index contributed by atoms with van der Waals surface area (Å²) in [4.78, 5) is 0. The maximum atomic E-state index is 12.7. The van der Waals surface area contributed by atoms with E-state index >= 15 is 0 Å². The molecule has 0 amide bonds. The first-order valence-corrected chi connectivity index (χ1v) is 10.6.